The molecule has 0 bridgehead atoms. The molecule has 2 aliphatic heterocycles. The molecule has 2 saturated heterocycles. The van der Waals surface area contributed by atoms with Gasteiger partial charge in [-0.2, -0.15) is 0 Å². The fourth-order valence-electron chi connectivity index (χ4n) is 3.71. The summed E-state index contributed by atoms with van der Waals surface area (Å²) < 4.78 is 0. The SMILES string of the molecule is CC(C)C[C@@H](CN1CCCC1)NC(=O)N1CCC(C)(C(=O)O)CC1. The quantitative estimate of drug-likeness (QED) is 0.779. The molecule has 2 aliphatic rings. The number of carbonyl (C=O) groups excluding carboxylic acids is 1. The van der Waals surface area contributed by atoms with E-state index in [4.69, 9.17) is 0 Å². The fraction of sp³-hybridized carbons (Fsp3) is 0.889. The number of piperidine rings is 1. The lowest BCUT2D eigenvalue weighted by molar-refractivity contribution is -0.150. The molecule has 1 atom stereocenters. The Balaban J connectivity index is 1.86. The summed E-state index contributed by atoms with van der Waals surface area (Å²) in [5.41, 5.74) is -0.691. The van der Waals surface area contributed by atoms with Gasteiger partial charge in [0.1, 0.15) is 0 Å². The molecular weight excluding hydrogens is 306 g/mol. The third kappa shape index (κ3) is 5.10. The number of nitrogens with zero attached hydrogens (tertiary/aromatic N) is 2. The van der Waals surface area contributed by atoms with E-state index in [-0.39, 0.29) is 12.1 Å². The minimum atomic E-state index is -0.755. The van der Waals surface area contributed by atoms with Gasteiger partial charge in [-0.05, 0) is 58.0 Å². The molecule has 0 spiro atoms. The first-order valence-electron chi connectivity index (χ1n) is 9.31. The molecule has 0 aromatic carbocycles. The van der Waals surface area contributed by atoms with E-state index in [9.17, 15) is 14.7 Å². The van der Waals surface area contributed by atoms with Crippen LogP contribution < -0.4 is 5.32 Å². The van der Waals surface area contributed by atoms with Crippen LogP contribution >= 0.6 is 0 Å². The number of nitrogens with one attached hydrogen (secondary N) is 1. The van der Waals surface area contributed by atoms with E-state index in [1.165, 1.54) is 12.8 Å². The van der Waals surface area contributed by atoms with Crippen molar-refractivity contribution in [1.29, 1.82) is 0 Å². The average Bonchev–Trinajstić information content (AvgIpc) is 2.99. The molecule has 2 heterocycles. The molecule has 0 aliphatic carbocycles. The van der Waals surface area contributed by atoms with Gasteiger partial charge in [-0.1, -0.05) is 13.8 Å². The van der Waals surface area contributed by atoms with E-state index in [0.717, 1.165) is 26.1 Å². The average molecular weight is 339 g/mol. The highest BCUT2D eigenvalue weighted by Gasteiger charge is 2.38. The molecule has 2 rings (SSSR count). The molecule has 0 aromatic rings. The van der Waals surface area contributed by atoms with Gasteiger partial charge in [-0.25, -0.2) is 4.79 Å². The van der Waals surface area contributed by atoms with Crippen molar-refractivity contribution in [2.75, 3.05) is 32.7 Å². The third-order valence-electron chi connectivity index (χ3n) is 5.43. The number of hydrogen-bond donors (Lipinski definition) is 2. The Morgan fingerprint density at radius 1 is 1.12 bits per heavy atom. The minimum absolute atomic E-state index is 0.0349. The molecule has 0 radical (unpaired) electrons. The van der Waals surface area contributed by atoms with Gasteiger partial charge in [0.15, 0.2) is 0 Å². The summed E-state index contributed by atoms with van der Waals surface area (Å²) >= 11 is 0. The topological polar surface area (TPSA) is 72.9 Å². The summed E-state index contributed by atoms with van der Waals surface area (Å²) in [5, 5.41) is 12.5. The van der Waals surface area contributed by atoms with Crippen molar-refractivity contribution >= 4 is 12.0 Å². The van der Waals surface area contributed by atoms with Crippen molar-refractivity contribution in [2.45, 2.75) is 58.9 Å². The van der Waals surface area contributed by atoms with Gasteiger partial charge >= 0.3 is 12.0 Å². The maximum atomic E-state index is 12.6. The lowest BCUT2D eigenvalue weighted by Gasteiger charge is -2.37. The molecule has 2 N–H and O–H groups in total. The lowest BCUT2D eigenvalue weighted by Crippen LogP contribution is -2.53. The van der Waals surface area contributed by atoms with Crippen LogP contribution in [-0.2, 0) is 4.79 Å². The molecule has 6 nitrogen and oxygen atoms in total. The van der Waals surface area contributed by atoms with E-state index in [1.54, 1.807) is 11.8 Å². The van der Waals surface area contributed by atoms with Gasteiger partial charge < -0.3 is 20.2 Å². The number of urea groups is 1. The predicted octanol–water partition coefficient (Wildman–Crippen LogP) is 2.39. The van der Waals surface area contributed by atoms with Gasteiger partial charge in [-0.15, -0.1) is 0 Å². The number of hydrogen-bond acceptors (Lipinski definition) is 3. The van der Waals surface area contributed by atoms with Gasteiger partial charge in [0.2, 0.25) is 0 Å². The van der Waals surface area contributed by atoms with Crippen molar-refractivity contribution in [3.8, 4) is 0 Å². The number of likely N-dealkylation sites (tertiary alicyclic amines) is 2. The highest BCUT2D eigenvalue weighted by Crippen LogP contribution is 2.31. The highest BCUT2D eigenvalue weighted by molar-refractivity contribution is 5.77. The van der Waals surface area contributed by atoms with Crippen LogP contribution in [0.2, 0.25) is 0 Å². The van der Waals surface area contributed by atoms with Gasteiger partial charge in [0, 0.05) is 25.7 Å². The Labute approximate surface area is 145 Å². The first kappa shape index (κ1) is 19.0. The van der Waals surface area contributed by atoms with Crippen LogP contribution in [0.5, 0.6) is 0 Å². The normalized spacial score (nSPS) is 22.6. The molecule has 2 fully saturated rings. The molecule has 6 heteroatoms. The number of aliphatic carboxylic acids is 1. The zero-order valence-electron chi connectivity index (χ0n) is 15.4. The van der Waals surface area contributed by atoms with Crippen LogP contribution in [0, 0.1) is 11.3 Å². The maximum Gasteiger partial charge on any atom is 0.317 e. The molecule has 24 heavy (non-hydrogen) atoms. The largest absolute Gasteiger partial charge is 0.481 e. The van der Waals surface area contributed by atoms with Crippen molar-refractivity contribution in [3.63, 3.8) is 0 Å². The Hall–Kier alpha value is -1.30. The van der Waals surface area contributed by atoms with Crippen LogP contribution in [0.4, 0.5) is 4.79 Å². The van der Waals surface area contributed by atoms with Crippen LogP contribution in [-0.4, -0.2) is 65.7 Å². The van der Waals surface area contributed by atoms with Gasteiger partial charge in [-0.3, -0.25) is 4.79 Å². The van der Waals surface area contributed by atoms with Crippen LogP contribution in [0.15, 0.2) is 0 Å². The number of carboxylic acids is 1. The Morgan fingerprint density at radius 2 is 1.71 bits per heavy atom. The molecule has 0 unspecified atom stereocenters. The van der Waals surface area contributed by atoms with Crippen LogP contribution in [0.25, 0.3) is 0 Å². The third-order valence-corrected chi connectivity index (χ3v) is 5.43. The van der Waals surface area contributed by atoms with E-state index in [0.29, 0.717) is 31.8 Å². The second kappa shape index (κ2) is 8.19. The number of carboxylic acid groups (broad SMARTS) is 1. The Bertz CT molecular complexity index is 439. The Kier molecular flexibility index (Phi) is 6.49. The fourth-order valence-corrected chi connectivity index (χ4v) is 3.71. The first-order valence-corrected chi connectivity index (χ1v) is 9.31. The number of amides is 2. The second-order valence-electron chi connectivity index (χ2n) is 8.14. The van der Waals surface area contributed by atoms with E-state index < -0.39 is 11.4 Å². The molecule has 0 saturated carbocycles. The van der Waals surface area contributed by atoms with Crippen molar-refractivity contribution in [2.24, 2.45) is 11.3 Å². The Morgan fingerprint density at radius 3 is 2.21 bits per heavy atom. The predicted molar refractivity (Wildman–Crippen MR) is 94.0 cm³/mol. The second-order valence-corrected chi connectivity index (χ2v) is 8.14. The van der Waals surface area contributed by atoms with E-state index in [2.05, 4.69) is 24.1 Å². The standard InChI is InChI=1S/C18H33N3O3/c1-14(2)12-15(13-20-8-4-5-9-20)19-17(24)21-10-6-18(3,7-11-21)16(22)23/h14-15H,4-13H2,1-3H3,(H,19,24)(H,22,23)/t15-/m0/s1. The monoisotopic (exact) mass is 339 g/mol. The van der Waals surface area contributed by atoms with E-state index >= 15 is 0 Å². The molecular formula is C18H33N3O3. The summed E-state index contributed by atoms with van der Waals surface area (Å²) in [4.78, 5) is 28.1. The van der Waals surface area contributed by atoms with Crippen molar-refractivity contribution in [1.82, 2.24) is 15.1 Å². The number of carbonyl (C=O) groups is 2. The first-order chi connectivity index (χ1) is 11.3. The zero-order valence-corrected chi connectivity index (χ0v) is 15.4. The minimum Gasteiger partial charge on any atom is -0.481 e. The van der Waals surface area contributed by atoms with Crippen LogP contribution in [0.3, 0.4) is 0 Å². The van der Waals surface area contributed by atoms with Gasteiger partial charge in [0.25, 0.3) is 0 Å². The van der Waals surface area contributed by atoms with E-state index in [1.807, 2.05) is 0 Å². The summed E-state index contributed by atoms with van der Waals surface area (Å²) in [6, 6.07) is 0.135. The van der Waals surface area contributed by atoms with Gasteiger partial charge in [0.05, 0.1) is 5.41 Å². The smallest absolute Gasteiger partial charge is 0.317 e. The van der Waals surface area contributed by atoms with Crippen molar-refractivity contribution < 1.29 is 14.7 Å². The number of rotatable bonds is 6. The van der Waals surface area contributed by atoms with Crippen molar-refractivity contribution in [3.05, 3.63) is 0 Å². The zero-order chi connectivity index (χ0) is 17.7. The summed E-state index contributed by atoms with van der Waals surface area (Å²) in [6.45, 7) is 10.4. The molecule has 0 aromatic heterocycles. The summed E-state index contributed by atoms with van der Waals surface area (Å²) in [6.07, 6.45) is 4.53. The van der Waals surface area contributed by atoms with Crippen LogP contribution in [0.1, 0.15) is 52.9 Å². The lowest BCUT2D eigenvalue weighted by atomic mass is 9.80. The summed E-state index contributed by atoms with van der Waals surface area (Å²) in [5.74, 6) is -0.219. The summed E-state index contributed by atoms with van der Waals surface area (Å²) in [7, 11) is 0. The molecule has 2 amide bonds. The highest BCUT2D eigenvalue weighted by atomic mass is 16.4. The molecule has 138 valence electrons. The maximum absolute atomic E-state index is 12.6.